The predicted octanol–water partition coefficient (Wildman–Crippen LogP) is 13.0. The number of nitrogens with zero attached hydrogens (tertiary/aromatic N) is 6. The highest BCUT2D eigenvalue weighted by atomic mass is 15.0. The molecule has 6 heteroatoms. The largest absolute Gasteiger partial charge is 0.228 e. The number of para-hydroxylation sites is 1. The Morgan fingerprint density at radius 1 is 0.300 bits per heavy atom. The summed E-state index contributed by atoms with van der Waals surface area (Å²) in [4.78, 5) is 25.6. The second kappa shape index (κ2) is 15.9. The number of fused-ring (bicyclic) bond motifs is 1. The normalized spacial score (nSPS) is 11.0. The maximum atomic E-state index is 9.34. The Bertz CT molecular complexity index is 3210. The zero-order chi connectivity index (χ0) is 40.3. The average Bonchev–Trinajstić information content (AvgIpc) is 3.34. The molecule has 0 atom stereocenters. The summed E-state index contributed by atoms with van der Waals surface area (Å²) in [5.74, 6) is 2.39. The molecule has 60 heavy (non-hydrogen) atoms. The van der Waals surface area contributed by atoms with E-state index in [1.165, 1.54) is 0 Å². The minimum atomic E-state index is 0.565. The molecule has 0 bridgehead atoms. The molecule has 0 aliphatic rings. The van der Waals surface area contributed by atoms with E-state index in [1.807, 2.05) is 109 Å². The minimum Gasteiger partial charge on any atom is -0.228 e. The molecule has 2 heterocycles. The van der Waals surface area contributed by atoms with Crippen LogP contribution in [-0.4, -0.2) is 24.9 Å². The monoisotopic (exact) mass is 766 g/mol. The van der Waals surface area contributed by atoms with Crippen molar-refractivity contribution in [3.05, 3.63) is 212 Å². The molecule has 0 aliphatic heterocycles. The van der Waals surface area contributed by atoms with Gasteiger partial charge in [-0.3, -0.25) is 0 Å². The van der Waals surface area contributed by atoms with E-state index >= 15 is 0 Å². The summed E-state index contributed by atoms with van der Waals surface area (Å²) in [6.45, 7) is 0. The lowest BCUT2D eigenvalue weighted by atomic mass is 9.91. The molecule has 0 spiro atoms. The minimum absolute atomic E-state index is 0.565. The standard InChI is InChI=1S/C54H34N6/c55-35-36-29-31-37(32-30-36)40-19-13-21-42(33-40)53-58-51(39-17-5-2-6-18-39)59-54(60-53)47-26-10-9-25-46(47)45-24-8-7-23-44(45)41-20-14-22-43(34-41)52-56-49-28-12-11-27-48(49)50(57-52)38-15-3-1-4-16-38/h1-34H. The molecule has 0 unspecified atom stereocenters. The fourth-order valence-electron chi connectivity index (χ4n) is 7.65. The van der Waals surface area contributed by atoms with Gasteiger partial charge in [0.15, 0.2) is 23.3 Å². The maximum Gasteiger partial charge on any atom is 0.164 e. The van der Waals surface area contributed by atoms with Crippen LogP contribution < -0.4 is 0 Å². The van der Waals surface area contributed by atoms with Crippen molar-refractivity contribution in [3.8, 4) is 96.3 Å². The van der Waals surface area contributed by atoms with Crippen molar-refractivity contribution in [2.45, 2.75) is 0 Å². The number of hydrogen-bond acceptors (Lipinski definition) is 6. The Morgan fingerprint density at radius 2 is 0.783 bits per heavy atom. The van der Waals surface area contributed by atoms with Crippen LogP contribution in [0.4, 0.5) is 0 Å². The summed E-state index contributed by atoms with van der Waals surface area (Å²) in [5.41, 5.74) is 13.2. The van der Waals surface area contributed by atoms with Gasteiger partial charge in [0.05, 0.1) is 22.8 Å². The van der Waals surface area contributed by atoms with Gasteiger partial charge in [-0.05, 0) is 63.7 Å². The van der Waals surface area contributed by atoms with E-state index in [2.05, 4.69) is 103 Å². The summed E-state index contributed by atoms with van der Waals surface area (Å²) in [7, 11) is 0. The van der Waals surface area contributed by atoms with E-state index in [0.29, 0.717) is 28.9 Å². The van der Waals surface area contributed by atoms with Gasteiger partial charge >= 0.3 is 0 Å². The van der Waals surface area contributed by atoms with Crippen LogP contribution in [0.2, 0.25) is 0 Å². The average molecular weight is 767 g/mol. The van der Waals surface area contributed by atoms with Crippen LogP contribution in [-0.2, 0) is 0 Å². The molecule has 2 aromatic heterocycles. The van der Waals surface area contributed by atoms with E-state index in [1.54, 1.807) is 0 Å². The van der Waals surface area contributed by atoms with Gasteiger partial charge in [0, 0.05) is 33.2 Å². The molecule has 0 N–H and O–H groups in total. The lowest BCUT2D eigenvalue weighted by Gasteiger charge is -2.16. The molecule has 6 nitrogen and oxygen atoms in total. The summed E-state index contributed by atoms with van der Waals surface area (Å²) in [5, 5.41) is 10.4. The van der Waals surface area contributed by atoms with Gasteiger partial charge < -0.3 is 0 Å². The van der Waals surface area contributed by atoms with Gasteiger partial charge in [0.25, 0.3) is 0 Å². The third-order valence-corrected chi connectivity index (χ3v) is 10.6. The van der Waals surface area contributed by atoms with Gasteiger partial charge in [0.2, 0.25) is 0 Å². The van der Waals surface area contributed by atoms with Crippen LogP contribution in [0, 0.1) is 11.3 Å². The van der Waals surface area contributed by atoms with Crippen LogP contribution in [0.5, 0.6) is 0 Å². The molecule has 0 aliphatic carbocycles. The van der Waals surface area contributed by atoms with Crippen molar-refractivity contribution in [2.75, 3.05) is 0 Å². The first kappa shape index (κ1) is 36.0. The van der Waals surface area contributed by atoms with Gasteiger partial charge in [-0.25, -0.2) is 24.9 Å². The summed E-state index contributed by atoms with van der Waals surface area (Å²) in [6, 6.07) is 71.7. The Balaban J connectivity index is 1.09. The molecular formula is C54H34N6. The van der Waals surface area contributed by atoms with E-state index in [4.69, 9.17) is 24.9 Å². The Hall–Kier alpha value is -8.40. The molecular weight excluding hydrogens is 733 g/mol. The molecule has 0 amide bonds. The van der Waals surface area contributed by atoms with Crippen LogP contribution in [0.25, 0.3) is 101 Å². The highest BCUT2D eigenvalue weighted by molar-refractivity contribution is 5.95. The lowest BCUT2D eigenvalue weighted by molar-refractivity contribution is 1.07. The molecule has 0 radical (unpaired) electrons. The number of aromatic nitrogens is 5. The Morgan fingerprint density at radius 3 is 1.48 bits per heavy atom. The van der Waals surface area contributed by atoms with Gasteiger partial charge in [-0.2, -0.15) is 5.26 Å². The third-order valence-electron chi connectivity index (χ3n) is 10.6. The number of nitriles is 1. The fourth-order valence-corrected chi connectivity index (χ4v) is 7.65. The molecule has 10 rings (SSSR count). The summed E-state index contributed by atoms with van der Waals surface area (Å²) in [6.07, 6.45) is 0. The van der Waals surface area contributed by atoms with Gasteiger partial charge in [-0.1, -0.05) is 176 Å². The maximum absolute atomic E-state index is 9.34. The first-order chi connectivity index (χ1) is 29.7. The van der Waals surface area contributed by atoms with E-state index in [0.717, 1.165) is 77.8 Å². The molecule has 8 aromatic carbocycles. The van der Waals surface area contributed by atoms with Crippen LogP contribution in [0.15, 0.2) is 206 Å². The third kappa shape index (κ3) is 7.08. The van der Waals surface area contributed by atoms with E-state index in [-0.39, 0.29) is 0 Å². The first-order valence-corrected chi connectivity index (χ1v) is 19.7. The molecule has 0 fully saturated rings. The van der Waals surface area contributed by atoms with Crippen molar-refractivity contribution >= 4 is 10.9 Å². The van der Waals surface area contributed by atoms with Crippen LogP contribution >= 0.6 is 0 Å². The second-order valence-corrected chi connectivity index (χ2v) is 14.4. The topological polar surface area (TPSA) is 88.2 Å². The van der Waals surface area contributed by atoms with Gasteiger partial charge in [0.1, 0.15) is 0 Å². The number of rotatable bonds is 8. The molecule has 0 saturated carbocycles. The Kier molecular flexibility index (Phi) is 9.51. The van der Waals surface area contributed by atoms with Crippen LogP contribution in [0.1, 0.15) is 5.56 Å². The smallest absolute Gasteiger partial charge is 0.164 e. The Labute approximate surface area is 347 Å². The highest BCUT2D eigenvalue weighted by Crippen LogP contribution is 2.39. The van der Waals surface area contributed by atoms with Gasteiger partial charge in [-0.15, -0.1) is 0 Å². The van der Waals surface area contributed by atoms with Crippen molar-refractivity contribution in [1.29, 1.82) is 5.26 Å². The molecule has 0 saturated heterocycles. The quantitative estimate of drug-likeness (QED) is 0.153. The van der Waals surface area contributed by atoms with Crippen molar-refractivity contribution in [1.82, 2.24) is 24.9 Å². The number of hydrogen-bond donors (Lipinski definition) is 0. The lowest BCUT2D eigenvalue weighted by Crippen LogP contribution is -2.01. The van der Waals surface area contributed by atoms with E-state index < -0.39 is 0 Å². The highest BCUT2D eigenvalue weighted by Gasteiger charge is 2.19. The van der Waals surface area contributed by atoms with Crippen molar-refractivity contribution < 1.29 is 0 Å². The number of benzene rings is 8. The zero-order valence-electron chi connectivity index (χ0n) is 32.3. The summed E-state index contributed by atoms with van der Waals surface area (Å²) < 4.78 is 0. The second-order valence-electron chi connectivity index (χ2n) is 14.4. The zero-order valence-corrected chi connectivity index (χ0v) is 32.3. The summed E-state index contributed by atoms with van der Waals surface area (Å²) >= 11 is 0. The SMILES string of the molecule is N#Cc1ccc(-c2cccc(-c3nc(-c4ccccc4)nc(-c4ccccc4-c4ccccc4-c4cccc(-c5nc(-c6ccccc6)c6ccccc6n5)c4)n3)c2)cc1. The van der Waals surface area contributed by atoms with Crippen molar-refractivity contribution in [2.24, 2.45) is 0 Å². The fraction of sp³-hybridized carbons (Fsp3) is 0. The van der Waals surface area contributed by atoms with Crippen LogP contribution in [0.3, 0.4) is 0 Å². The molecule has 280 valence electrons. The van der Waals surface area contributed by atoms with E-state index in [9.17, 15) is 5.26 Å². The molecule has 10 aromatic rings. The predicted molar refractivity (Wildman–Crippen MR) is 241 cm³/mol. The first-order valence-electron chi connectivity index (χ1n) is 19.7. The van der Waals surface area contributed by atoms with Crippen molar-refractivity contribution in [3.63, 3.8) is 0 Å².